The first-order valence-electron chi connectivity index (χ1n) is 2.44. The van der Waals surface area contributed by atoms with Crippen LogP contribution in [0.25, 0.3) is 5.43 Å². The summed E-state index contributed by atoms with van der Waals surface area (Å²) in [6, 6.07) is 0. The molecule has 5 nitrogen and oxygen atoms in total. The highest BCUT2D eigenvalue weighted by atomic mass is 16.7. The molecule has 0 spiro atoms. The molecule has 0 fully saturated rings. The second-order valence-electron chi connectivity index (χ2n) is 1.55. The van der Waals surface area contributed by atoms with Gasteiger partial charge in [0.25, 0.3) is 0 Å². The molecule has 0 saturated heterocycles. The van der Waals surface area contributed by atoms with Gasteiger partial charge in [0.1, 0.15) is 5.78 Å². The van der Waals surface area contributed by atoms with Crippen LogP contribution in [-0.2, 0) is 4.79 Å². The van der Waals surface area contributed by atoms with E-state index in [1.165, 1.54) is 6.92 Å². The van der Waals surface area contributed by atoms with Crippen LogP contribution in [0.5, 0.6) is 0 Å². The fraction of sp³-hybridized carbons (Fsp3) is 0.750. The van der Waals surface area contributed by atoms with Crippen molar-refractivity contribution in [3.05, 3.63) is 15.5 Å². The van der Waals surface area contributed by atoms with Crippen LogP contribution in [0.1, 0.15) is 13.3 Å². The molecule has 0 atom stereocenters. The normalized spacial score (nSPS) is 8.56. The van der Waals surface area contributed by atoms with Gasteiger partial charge in [-0.1, -0.05) is 6.54 Å². The predicted octanol–water partition coefficient (Wildman–Crippen LogP) is 0.531. The number of ketones is 1. The molecular weight excluding hydrogens is 124 g/mol. The number of hydrogen-bond donors (Lipinski definition) is 0. The summed E-state index contributed by atoms with van der Waals surface area (Å²) < 4.78 is 0. The van der Waals surface area contributed by atoms with Crippen molar-refractivity contribution in [2.24, 2.45) is 0 Å². The molecule has 0 radical (unpaired) electrons. The largest absolute Gasteiger partial charge is 0.379 e. The Balaban J connectivity index is 3.10. The van der Waals surface area contributed by atoms with Gasteiger partial charge in [-0.25, -0.2) is 0 Å². The van der Waals surface area contributed by atoms with E-state index in [-0.39, 0.29) is 18.7 Å². The molecule has 0 aromatic rings. The van der Waals surface area contributed by atoms with E-state index < -0.39 is 5.03 Å². The van der Waals surface area contributed by atoms with E-state index in [4.69, 9.17) is 0 Å². The maximum absolute atomic E-state index is 10.1. The van der Waals surface area contributed by atoms with Crippen molar-refractivity contribution in [1.29, 1.82) is 0 Å². The number of nitro groups is 1. The fourth-order valence-corrected chi connectivity index (χ4v) is 0.289. The highest BCUT2D eigenvalue weighted by molar-refractivity contribution is 5.75. The lowest BCUT2D eigenvalue weighted by Gasteiger charge is -2.04. The van der Waals surface area contributed by atoms with E-state index in [0.29, 0.717) is 0 Å². The lowest BCUT2D eigenvalue weighted by Crippen LogP contribution is -1.98. The van der Waals surface area contributed by atoms with Gasteiger partial charge in [-0.3, -0.25) is 10.1 Å². The molecule has 0 rings (SSSR count). The molecule has 5 heteroatoms. The summed E-state index contributed by atoms with van der Waals surface area (Å²) in [4.78, 5) is 19.7. The van der Waals surface area contributed by atoms with Gasteiger partial charge in [0.15, 0.2) is 0 Å². The average Bonchev–Trinajstić information content (AvgIpc) is 1.63. The van der Waals surface area contributed by atoms with Gasteiger partial charge in [-0.2, -0.15) is 0 Å². The van der Waals surface area contributed by atoms with Gasteiger partial charge in [0.05, 0.1) is 0 Å². The minimum atomic E-state index is -0.789. The summed E-state index contributed by atoms with van der Waals surface area (Å²) in [7, 11) is 0. The van der Waals surface area contributed by atoms with Crippen LogP contribution in [0.2, 0.25) is 0 Å². The Morgan fingerprint density at radius 2 is 2.33 bits per heavy atom. The third-order valence-electron chi connectivity index (χ3n) is 0.679. The second-order valence-corrected chi connectivity index (χ2v) is 1.55. The van der Waals surface area contributed by atoms with Crippen molar-refractivity contribution in [2.75, 3.05) is 6.54 Å². The van der Waals surface area contributed by atoms with Crippen molar-refractivity contribution in [3.63, 3.8) is 0 Å². The Kier molecular flexibility index (Phi) is 3.34. The molecule has 52 valence electrons. The van der Waals surface area contributed by atoms with E-state index in [9.17, 15) is 14.9 Å². The summed E-state index contributed by atoms with van der Waals surface area (Å²) in [6.45, 7) is 1.36. The molecule has 0 aromatic heterocycles. The molecule has 0 bridgehead atoms. The number of Topliss-reactive ketones (excluding diaryl/α,β-unsaturated/α-hetero) is 1. The molecule has 0 aliphatic heterocycles. The predicted molar refractivity (Wildman–Crippen MR) is 30.5 cm³/mol. The van der Waals surface area contributed by atoms with Gasteiger partial charge >= 0.3 is 0 Å². The van der Waals surface area contributed by atoms with Gasteiger partial charge in [0.2, 0.25) is 0 Å². The quantitative estimate of drug-likeness (QED) is 0.412. The molecule has 0 saturated carbocycles. The summed E-state index contributed by atoms with van der Waals surface area (Å²) in [6.07, 6.45) is 0.154. The molecule has 0 aliphatic rings. The van der Waals surface area contributed by atoms with Crippen molar-refractivity contribution >= 4 is 5.78 Å². The first-order valence-corrected chi connectivity index (χ1v) is 2.44. The smallest absolute Gasteiger partial charge is 0.128 e. The number of carbonyl (C=O) groups is 1. The minimum Gasteiger partial charge on any atom is -0.379 e. The van der Waals surface area contributed by atoms with Crippen LogP contribution in [0, 0.1) is 10.1 Å². The first-order chi connectivity index (χ1) is 4.13. The summed E-state index contributed by atoms with van der Waals surface area (Å²) >= 11 is 0. The third kappa shape index (κ3) is 6.87. The van der Waals surface area contributed by atoms with Gasteiger partial charge in [0, 0.05) is 0 Å². The molecule has 0 aromatic carbocycles. The van der Waals surface area contributed by atoms with Crippen LogP contribution >= 0.6 is 0 Å². The Morgan fingerprint density at radius 3 is 2.67 bits per heavy atom. The SMILES string of the molecule is CC(=O)CC[N-][N+](=O)[O-]. The maximum Gasteiger partial charge on any atom is 0.128 e. The van der Waals surface area contributed by atoms with Crippen LogP contribution in [0.3, 0.4) is 0 Å². The molecule has 0 heterocycles. The Morgan fingerprint density at radius 1 is 1.78 bits per heavy atom. The first kappa shape index (κ1) is 7.87. The number of rotatable bonds is 4. The van der Waals surface area contributed by atoms with Crippen LogP contribution in [-0.4, -0.2) is 17.4 Å². The molecule has 0 aliphatic carbocycles. The third-order valence-corrected chi connectivity index (χ3v) is 0.679. The van der Waals surface area contributed by atoms with Gasteiger partial charge in [-0.05, 0) is 18.4 Å². The molecule has 0 N–H and O–H groups in total. The minimum absolute atomic E-state index is 0.0116. The highest BCUT2D eigenvalue weighted by Crippen LogP contribution is 1.90. The second kappa shape index (κ2) is 3.82. The summed E-state index contributed by atoms with van der Waals surface area (Å²) in [5, 5.41) is 8.72. The van der Waals surface area contributed by atoms with E-state index >= 15 is 0 Å². The Bertz CT molecular complexity index is 109. The average molecular weight is 131 g/mol. The molecule has 0 unspecified atom stereocenters. The number of nitrogens with zero attached hydrogens (tertiary/aromatic N) is 2. The Hall–Kier alpha value is -1.13. The van der Waals surface area contributed by atoms with Crippen molar-refractivity contribution < 1.29 is 9.83 Å². The molecule has 0 amide bonds. The summed E-state index contributed by atoms with van der Waals surface area (Å²) in [5.41, 5.74) is 2.87. The summed E-state index contributed by atoms with van der Waals surface area (Å²) in [5.74, 6) is -0.0828. The topological polar surface area (TPSA) is 74.3 Å². The van der Waals surface area contributed by atoms with E-state index in [0.717, 1.165) is 0 Å². The zero-order valence-electron chi connectivity index (χ0n) is 5.03. The molecule has 9 heavy (non-hydrogen) atoms. The van der Waals surface area contributed by atoms with Crippen molar-refractivity contribution in [1.82, 2.24) is 0 Å². The number of carbonyl (C=O) groups excluding carboxylic acids is 1. The zero-order valence-corrected chi connectivity index (χ0v) is 5.03. The number of hydrogen-bond acceptors (Lipinski definition) is 3. The van der Waals surface area contributed by atoms with Crippen LogP contribution in [0.15, 0.2) is 0 Å². The van der Waals surface area contributed by atoms with E-state index in [1.807, 2.05) is 0 Å². The lowest BCUT2D eigenvalue weighted by molar-refractivity contribution is -0.426. The van der Waals surface area contributed by atoms with Crippen molar-refractivity contribution in [3.8, 4) is 0 Å². The monoisotopic (exact) mass is 131 g/mol. The fourth-order valence-electron chi connectivity index (χ4n) is 0.289. The van der Waals surface area contributed by atoms with Crippen LogP contribution in [0.4, 0.5) is 0 Å². The molecular formula is C4H7N2O3-. The maximum atomic E-state index is 10.1. The Labute approximate surface area is 52.2 Å². The standard InChI is InChI=1S/C4H7N2O3/c1-4(7)2-3-5-6(8)9/h2-3H2,1H3/q-1. The van der Waals surface area contributed by atoms with E-state index in [2.05, 4.69) is 5.43 Å². The highest BCUT2D eigenvalue weighted by Gasteiger charge is 1.86. The van der Waals surface area contributed by atoms with Crippen LogP contribution < -0.4 is 0 Å². The van der Waals surface area contributed by atoms with Gasteiger partial charge < -0.3 is 10.2 Å². The van der Waals surface area contributed by atoms with Gasteiger partial charge in [-0.15, -0.1) is 0 Å². The van der Waals surface area contributed by atoms with E-state index in [1.54, 1.807) is 0 Å². The van der Waals surface area contributed by atoms with Crippen molar-refractivity contribution in [2.45, 2.75) is 13.3 Å². The lowest BCUT2D eigenvalue weighted by atomic mass is 10.3. The zero-order chi connectivity index (χ0) is 7.28.